The predicted octanol–water partition coefficient (Wildman–Crippen LogP) is 1.28. The predicted molar refractivity (Wildman–Crippen MR) is 73.8 cm³/mol. The first-order valence-corrected chi connectivity index (χ1v) is 6.64. The Hall–Kier alpha value is -1.49. The molecule has 1 aromatic rings. The van der Waals surface area contributed by atoms with Gasteiger partial charge in [-0.05, 0) is 39.8 Å². The smallest absolute Gasteiger partial charge is 0.256 e. The summed E-state index contributed by atoms with van der Waals surface area (Å²) in [4.78, 5) is 24.2. The van der Waals surface area contributed by atoms with Gasteiger partial charge in [-0.15, -0.1) is 0 Å². The Labute approximate surface area is 114 Å². The van der Waals surface area contributed by atoms with Gasteiger partial charge in [-0.3, -0.25) is 4.79 Å². The Morgan fingerprint density at radius 2 is 2.11 bits per heavy atom. The van der Waals surface area contributed by atoms with Gasteiger partial charge in [-0.1, -0.05) is 0 Å². The molecule has 1 saturated heterocycles. The lowest BCUT2D eigenvalue weighted by molar-refractivity contribution is 0.0728. The summed E-state index contributed by atoms with van der Waals surface area (Å²) in [7, 11) is 4.00. The van der Waals surface area contributed by atoms with E-state index >= 15 is 0 Å². The highest BCUT2D eigenvalue weighted by molar-refractivity contribution is 5.93. The van der Waals surface area contributed by atoms with Crippen molar-refractivity contribution in [3.63, 3.8) is 0 Å². The molecule has 0 unspecified atom stereocenters. The molecule has 1 aromatic heterocycles. The second-order valence-electron chi connectivity index (χ2n) is 5.87. The molecule has 104 valence electrons. The number of carbonyl (C=O) groups is 1. The summed E-state index contributed by atoms with van der Waals surface area (Å²) < 4.78 is 0. The first-order chi connectivity index (χ1) is 8.93. The molecule has 0 saturated carbocycles. The molecule has 0 aliphatic carbocycles. The largest absolute Gasteiger partial charge is 0.341 e. The average Bonchev–Trinajstić information content (AvgIpc) is 2.65. The molecule has 0 radical (unpaired) electrons. The third kappa shape index (κ3) is 2.76. The van der Waals surface area contributed by atoms with Crippen LogP contribution in [0.2, 0.25) is 0 Å². The maximum atomic E-state index is 12.3. The lowest BCUT2D eigenvalue weighted by Gasteiger charge is -2.35. The van der Waals surface area contributed by atoms with Gasteiger partial charge in [-0.2, -0.15) is 0 Å². The Morgan fingerprint density at radius 3 is 2.63 bits per heavy atom. The zero-order valence-corrected chi connectivity index (χ0v) is 12.1. The van der Waals surface area contributed by atoms with Crippen LogP contribution in [0.25, 0.3) is 0 Å². The molecule has 2 rings (SSSR count). The van der Waals surface area contributed by atoms with E-state index in [0.29, 0.717) is 11.5 Å². The molecule has 19 heavy (non-hydrogen) atoms. The van der Waals surface area contributed by atoms with Crippen molar-refractivity contribution in [1.29, 1.82) is 0 Å². The van der Waals surface area contributed by atoms with E-state index in [4.69, 9.17) is 0 Å². The lowest BCUT2D eigenvalue weighted by atomic mass is 9.88. The molecule has 1 amide bonds. The van der Waals surface area contributed by atoms with Gasteiger partial charge < -0.3 is 9.80 Å². The quantitative estimate of drug-likeness (QED) is 0.823. The highest BCUT2D eigenvalue weighted by atomic mass is 16.2. The molecular weight excluding hydrogens is 240 g/mol. The number of amides is 1. The molecule has 5 heteroatoms. The fraction of sp³-hybridized carbons (Fsp3) is 0.643. The van der Waals surface area contributed by atoms with Crippen LogP contribution in [0.5, 0.6) is 0 Å². The van der Waals surface area contributed by atoms with Crippen molar-refractivity contribution >= 4 is 5.91 Å². The van der Waals surface area contributed by atoms with E-state index in [0.717, 1.165) is 19.5 Å². The number of rotatable bonds is 3. The Kier molecular flexibility index (Phi) is 3.85. The molecule has 0 bridgehead atoms. The third-order valence-electron chi connectivity index (χ3n) is 4.44. The third-order valence-corrected chi connectivity index (χ3v) is 4.44. The minimum atomic E-state index is -0.00838. The average molecular weight is 262 g/mol. The Bertz CT molecular complexity index is 446. The van der Waals surface area contributed by atoms with E-state index in [2.05, 4.69) is 35.8 Å². The standard InChI is InChI=1S/C14H22N4O/c1-14(2)12(5-6-18(14)4)9-17(3)13(19)11-7-15-10-16-8-11/h7-8,10,12H,5-6,9H2,1-4H3/t12-/m0/s1. The molecule has 0 spiro atoms. The van der Waals surface area contributed by atoms with Gasteiger partial charge in [0.25, 0.3) is 5.91 Å². The Morgan fingerprint density at radius 1 is 1.47 bits per heavy atom. The second-order valence-corrected chi connectivity index (χ2v) is 5.87. The number of hydrogen-bond donors (Lipinski definition) is 0. The van der Waals surface area contributed by atoms with Crippen molar-refractivity contribution in [2.75, 3.05) is 27.2 Å². The number of carbonyl (C=O) groups excluding carboxylic acids is 1. The molecule has 0 aromatic carbocycles. The van der Waals surface area contributed by atoms with Crippen LogP contribution in [-0.2, 0) is 0 Å². The minimum absolute atomic E-state index is 0.00838. The van der Waals surface area contributed by atoms with Crippen LogP contribution in [0.15, 0.2) is 18.7 Å². The Balaban J connectivity index is 2.02. The van der Waals surface area contributed by atoms with Gasteiger partial charge in [0.05, 0.1) is 5.56 Å². The van der Waals surface area contributed by atoms with Gasteiger partial charge >= 0.3 is 0 Å². The van der Waals surface area contributed by atoms with Crippen molar-refractivity contribution < 1.29 is 4.79 Å². The van der Waals surface area contributed by atoms with Crippen molar-refractivity contribution in [2.24, 2.45) is 5.92 Å². The van der Waals surface area contributed by atoms with E-state index in [9.17, 15) is 4.79 Å². The number of aromatic nitrogens is 2. The van der Waals surface area contributed by atoms with Crippen molar-refractivity contribution in [3.05, 3.63) is 24.3 Å². The zero-order chi connectivity index (χ0) is 14.0. The van der Waals surface area contributed by atoms with Crippen molar-refractivity contribution in [1.82, 2.24) is 19.8 Å². The number of hydrogen-bond acceptors (Lipinski definition) is 4. The monoisotopic (exact) mass is 262 g/mol. The molecule has 1 fully saturated rings. The SMILES string of the molecule is CN(C[C@@H]1CCN(C)C1(C)C)C(=O)c1cncnc1. The highest BCUT2D eigenvalue weighted by Gasteiger charge is 2.39. The normalized spacial score (nSPS) is 22.4. The second kappa shape index (κ2) is 5.25. The van der Waals surface area contributed by atoms with Gasteiger partial charge in [-0.25, -0.2) is 9.97 Å². The summed E-state index contributed by atoms with van der Waals surface area (Å²) in [5, 5.41) is 0. The zero-order valence-electron chi connectivity index (χ0n) is 12.1. The fourth-order valence-corrected chi connectivity index (χ4v) is 2.66. The van der Waals surface area contributed by atoms with E-state index in [1.54, 1.807) is 17.3 Å². The summed E-state index contributed by atoms with van der Waals surface area (Å²) >= 11 is 0. The van der Waals surface area contributed by atoms with Gasteiger partial charge in [0, 0.05) is 31.5 Å². The minimum Gasteiger partial charge on any atom is -0.341 e. The molecule has 1 aliphatic rings. The maximum Gasteiger partial charge on any atom is 0.256 e. The van der Waals surface area contributed by atoms with Gasteiger partial charge in [0.1, 0.15) is 6.33 Å². The summed E-state index contributed by atoms with van der Waals surface area (Å²) in [6, 6.07) is 0. The summed E-state index contributed by atoms with van der Waals surface area (Å²) in [5.74, 6) is 0.488. The molecule has 1 atom stereocenters. The van der Waals surface area contributed by atoms with Crippen LogP contribution >= 0.6 is 0 Å². The van der Waals surface area contributed by atoms with E-state index in [-0.39, 0.29) is 11.4 Å². The van der Waals surface area contributed by atoms with Crippen LogP contribution in [0.1, 0.15) is 30.6 Å². The summed E-state index contributed by atoms with van der Waals surface area (Å²) in [6.07, 6.45) is 5.70. The van der Waals surface area contributed by atoms with Crippen LogP contribution in [0.3, 0.4) is 0 Å². The van der Waals surface area contributed by atoms with Gasteiger partial charge in [0.2, 0.25) is 0 Å². The number of nitrogens with zero attached hydrogens (tertiary/aromatic N) is 4. The summed E-state index contributed by atoms with van der Waals surface area (Å²) in [5.41, 5.74) is 0.691. The summed E-state index contributed by atoms with van der Waals surface area (Å²) in [6.45, 7) is 6.35. The van der Waals surface area contributed by atoms with Crippen LogP contribution in [-0.4, -0.2) is 58.4 Å². The van der Waals surface area contributed by atoms with Crippen LogP contribution in [0.4, 0.5) is 0 Å². The molecular formula is C14H22N4O. The highest BCUT2D eigenvalue weighted by Crippen LogP contribution is 2.33. The van der Waals surface area contributed by atoms with E-state index in [1.807, 2.05) is 7.05 Å². The topological polar surface area (TPSA) is 49.3 Å². The van der Waals surface area contributed by atoms with E-state index in [1.165, 1.54) is 6.33 Å². The molecule has 5 nitrogen and oxygen atoms in total. The molecule has 2 heterocycles. The maximum absolute atomic E-state index is 12.3. The first kappa shape index (κ1) is 13.9. The van der Waals surface area contributed by atoms with Crippen molar-refractivity contribution in [2.45, 2.75) is 25.8 Å². The number of likely N-dealkylation sites (tertiary alicyclic amines) is 1. The van der Waals surface area contributed by atoms with Crippen LogP contribution < -0.4 is 0 Å². The first-order valence-electron chi connectivity index (χ1n) is 6.64. The fourth-order valence-electron chi connectivity index (χ4n) is 2.66. The van der Waals surface area contributed by atoms with Gasteiger partial charge in [0.15, 0.2) is 0 Å². The molecule has 0 N–H and O–H groups in total. The van der Waals surface area contributed by atoms with Crippen molar-refractivity contribution in [3.8, 4) is 0 Å². The van der Waals surface area contributed by atoms with E-state index < -0.39 is 0 Å². The van der Waals surface area contributed by atoms with Crippen LogP contribution in [0, 0.1) is 5.92 Å². The molecule has 1 aliphatic heterocycles. The lowest BCUT2D eigenvalue weighted by Crippen LogP contribution is -2.44.